The first-order valence-corrected chi connectivity index (χ1v) is 17.1. The number of aromatic nitrogens is 3. The third kappa shape index (κ3) is 5.04. The van der Waals surface area contributed by atoms with Crippen molar-refractivity contribution in [2.75, 3.05) is 0 Å². The summed E-state index contributed by atoms with van der Waals surface area (Å²) in [6, 6.07) is 61.0. The molecule has 4 nitrogen and oxygen atoms in total. The summed E-state index contributed by atoms with van der Waals surface area (Å²) in [5, 5.41) is 6.74. The van der Waals surface area contributed by atoms with Gasteiger partial charge < -0.3 is 4.42 Å². The lowest BCUT2D eigenvalue weighted by atomic mass is 9.94. The van der Waals surface area contributed by atoms with Gasteiger partial charge in [0.25, 0.3) is 0 Å². The molecule has 51 heavy (non-hydrogen) atoms. The van der Waals surface area contributed by atoms with E-state index in [0.29, 0.717) is 17.5 Å². The van der Waals surface area contributed by atoms with E-state index in [-0.39, 0.29) is 0 Å². The lowest BCUT2D eigenvalue weighted by Crippen LogP contribution is -2.01. The molecule has 0 unspecified atom stereocenters. The highest BCUT2D eigenvalue weighted by atomic mass is 16.3. The average Bonchev–Trinajstić information content (AvgIpc) is 3.59. The number of para-hydroxylation sites is 2. The van der Waals surface area contributed by atoms with Crippen LogP contribution < -0.4 is 0 Å². The molecule has 0 aliphatic rings. The SMILES string of the molecule is c1ccc(-c2nc(-c3ccc4cc(-c5cccc6c5oc5ccccc56)ccc4c3)nc(-c3cccc4cccc(-c5ccccc5)c34)n2)cc1. The molecule has 0 bridgehead atoms. The van der Waals surface area contributed by atoms with Crippen LogP contribution in [0.15, 0.2) is 180 Å². The fourth-order valence-electron chi connectivity index (χ4n) is 7.25. The Morgan fingerprint density at radius 2 is 0.902 bits per heavy atom. The summed E-state index contributed by atoms with van der Waals surface area (Å²) < 4.78 is 6.36. The standard InChI is InChI=1S/C47H29N3O/c1-3-12-30(13-4-1)37-19-9-16-31-17-10-22-41(43(31)37)47-49-45(32-14-5-2-6-15-32)48-46(50-47)36-27-25-33-28-35(26-24-34(33)29-36)38-20-11-21-40-39-18-7-8-23-42(39)51-44(38)40/h1-29H. The van der Waals surface area contributed by atoms with E-state index >= 15 is 0 Å². The summed E-state index contributed by atoms with van der Waals surface area (Å²) >= 11 is 0. The first-order valence-electron chi connectivity index (χ1n) is 17.1. The smallest absolute Gasteiger partial charge is 0.164 e. The van der Waals surface area contributed by atoms with Gasteiger partial charge in [0, 0.05) is 38.4 Å². The van der Waals surface area contributed by atoms with E-state index in [2.05, 4.69) is 127 Å². The summed E-state index contributed by atoms with van der Waals surface area (Å²) in [6.07, 6.45) is 0. The Morgan fingerprint density at radius 1 is 0.333 bits per heavy atom. The van der Waals surface area contributed by atoms with Crippen LogP contribution in [0.1, 0.15) is 0 Å². The number of rotatable bonds is 5. The zero-order valence-corrected chi connectivity index (χ0v) is 27.5. The van der Waals surface area contributed by atoms with E-state index in [4.69, 9.17) is 19.4 Å². The molecule has 0 atom stereocenters. The molecule has 0 N–H and O–H groups in total. The molecule has 0 aliphatic carbocycles. The second-order valence-corrected chi connectivity index (χ2v) is 12.8. The van der Waals surface area contributed by atoms with E-state index in [1.165, 1.54) is 0 Å². The van der Waals surface area contributed by atoms with E-state index < -0.39 is 0 Å². The highest BCUT2D eigenvalue weighted by Gasteiger charge is 2.17. The second kappa shape index (κ2) is 11.9. The molecule has 10 rings (SSSR count). The van der Waals surface area contributed by atoms with E-state index in [1.807, 2.05) is 48.5 Å². The van der Waals surface area contributed by atoms with Crippen LogP contribution in [0.4, 0.5) is 0 Å². The van der Waals surface area contributed by atoms with Gasteiger partial charge >= 0.3 is 0 Å². The van der Waals surface area contributed by atoms with Gasteiger partial charge in [-0.2, -0.15) is 0 Å². The zero-order chi connectivity index (χ0) is 33.7. The Morgan fingerprint density at radius 3 is 1.69 bits per heavy atom. The first kappa shape index (κ1) is 29.0. The Balaban J connectivity index is 1.12. The Labute approximate surface area is 294 Å². The summed E-state index contributed by atoms with van der Waals surface area (Å²) in [5.74, 6) is 1.91. The van der Waals surface area contributed by atoms with Gasteiger partial charge in [0.05, 0.1) is 0 Å². The summed E-state index contributed by atoms with van der Waals surface area (Å²) in [5.41, 5.74) is 9.13. The van der Waals surface area contributed by atoms with Crippen LogP contribution in [0, 0.1) is 0 Å². The Bertz CT molecular complexity index is 2910. The molecule has 4 heteroatoms. The van der Waals surface area contributed by atoms with Crippen LogP contribution in [0.5, 0.6) is 0 Å². The predicted octanol–water partition coefficient (Wildman–Crippen LogP) is 12.4. The molecule has 8 aromatic carbocycles. The van der Waals surface area contributed by atoms with E-state index in [9.17, 15) is 0 Å². The maximum Gasteiger partial charge on any atom is 0.164 e. The lowest BCUT2D eigenvalue weighted by Gasteiger charge is -2.13. The van der Waals surface area contributed by atoms with Gasteiger partial charge in [0.1, 0.15) is 11.2 Å². The first-order chi connectivity index (χ1) is 25.3. The molecule has 238 valence electrons. The summed E-state index contributed by atoms with van der Waals surface area (Å²) in [6.45, 7) is 0. The van der Waals surface area contributed by atoms with Gasteiger partial charge in [-0.1, -0.05) is 158 Å². The molecule has 0 aliphatic heterocycles. The summed E-state index contributed by atoms with van der Waals surface area (Å²) in [4.78, 5) is 15.3. The number of benzene rings is 8. The average molecular weight is 652 g/mol. The fraction of sp³-hybridized carbons (Fsp3) is 0. The fourth-order valence-corrected chi connectivity index (χ4v) is 7.25. The van der Waals surface area contributed by atoms with Gasteiger partial charge in [0.15, 0.2) is 17.5 Å². The molecule has 2 aromatic heterocycles. The highest BCUT2D eigenvalue weighted by Crippen LogP contribution is 2.39. The molecule has 10 aromatic rings. The molecule has 0 radical (unpaired) electrons. The van der Waals surface area contributed by atoms with Gasteiger partial charge in [0.2, 0.25) is 0 Å². The number of furan rings is 1. The zero-order valence-electron chi connectivity index (χ0n) is 27.5. The monoisotopic (exact) mass is 651 g/mol. The second-order valence-electron chi connectivity index (χ2n) is 12.8. The van der Waals surface area contributed by atoms with Crippen LogP contribution in [0.3, 0.4) is 0 Å². The largest absolute Gasteiger partial charge is 0.455 e. The highest BCUT2D eigenvalue weighted by molar-refractivity contribution is 6.10. The van der Waals surface area contributed by atoms with Gasteiger partial charge in [-0.05, 0) is 51.0 Å². The van der Waals surface area contributed by atoms with Crippen LogP contribution >= 0.6 is 0 Å². The van der Waals surface area contributed by atoms with Gasteiger partial charge in [-0.3, -0.25) is 0 Å². The third-order valence-electron chi connectivity index (χ3n) is 9.71. The minimum absolute atomic E-state index is 0.631. The number of fused-ring (bicyclic) bond motifs is 5. The van der Waals surface area contributed by atoms with Crippen LogP contribution in [-0.2, 0) is 0 Å². The maximum atomic E-state index is 6.36. The Kier molecular flexibility index (Phi) is 6.78. The predicted molar refractivity (Wildman–Crippen MR) is 209 cm³/mol. The molecule has 2 heterocycles. The quantitative estimate of drug-likeness (QED) is 0.186. The summed E-state index contributed by atoms with van der Waals surface area (Å²) in [7, 11) is 0. The molecule has 0 saturated heterocycles. The minimum Gasteiger partial charge on any atom is -0.455 e. The van der Waals surface area contributed by atoms with Gasteiger partial charge in [-0.15, -0.1) is 0 Å². The lowest BCUT2D eigenvalue weighted by molar-refractivity contribution is 0.670. The topological polar surface area (TPSA) is 51.8 Å². The Hall–Kier alpha value is -6.91. The maximum absolute atomic E-state index is 6.36. The van der Waals surface area contributed by atoms with Gasteiger partial charge in [-0.25, -0.2) is 15.0 Å². The molecule has 0 amide bonds. The number of nitrogens with zero attached hydrogens (tertiary/aromatic N) is 3. The molecule has 0 fully saturated rings. The van der Waals surface area contributed by atoms with Crippen molar-refractivity contribution in [3.05, 3.63) is 176 Å². The number of hydrogen-bond acceptors (Lipinski definition) is 4. The van der Waals surface area contributed by atoms with Crippen LogP contribution in [0.2, 0.25) is 0 Å². The van der Waals surface area contributed by atoms with Crippen molar-refractivity contribution in [2.24, 2.45) is 0 Å². The third-order valence-corrected chi connectivity index (χ3v) is 9.71. The van der Waals surface area contributed by atoms with Crippen molar-refractivity contribution in [3.8, 4) is 56.4 Å². The van der Waals surface area contributed by atoms with Crippen LogP contribution in [0.25, 0.3) is 99.9 Å². The minimum atomic E-state index is 0.631. The van der Waals surface area contributed by atoms with Crippen molar-refractivity contribution < 1.29 is 4.42 Å². The van der Waals surface area contributed by atoms with Crippen molar-refractivity contribution in [3.63, 3.8) is 0 Å². The van der Waals surface area contributed by atoms with Crippen LogP contribution in [-0.4, -0.2) is 15.0 Å². The van der Waals surface area contributed by atoms with E-state index in [1.54, 1.807) is 0 Å². The van der Waals surface area contributed by atoms with Crippen molar-refractivity contribution in [1.82, 2.24) is 15.0 Å². The van der Waals surface area contributed by atoms with Crippen molar-refractivity contribution >= 4 is 43.5 Å². The molecular formula is C47H29N3O. The van der Waals surface area contributed by atoms with Crippen molar-refractivity contribution in [1.29, 1.82) is 0 Å². The van der Waals surface area contributed by atoms with Crippen molar-refractivity contribution in [2.45, 2.75) is 0 Å². The molecule has 0 saturated carbocycles. The molecular weight excluding hydrogens is 623 g/mol. The molecule has 0 spiro atoms. The normalized spacial score (nSPS) is 11.5. The number of hydrogen-bond donors (Lipinski definition) is 0. The van der Waals surface area contributed by atoms with E-state index in [0.717, 1.165) is 82.4 Å².